The van der Waals surface area contributed by atoms with Crippen molar-refractivity contribution in [2.24, 2.45) is 0 Å². The third-order valence-corrected chi connectivity index (χ3v) is 1.16. The lowest BCUT2D eigenvalue weighted by Crippen LogP contribution is -2.12. The smallest absolute Gasteiger partial charge is 0.337 e. The summed E-state index contributed by atoms with van der Waals surface area (Å²) in [6, 6.07) is 5.13. The fourth-order valence-electron chi connectivity index (χ4n) is 0.694. The number of benzene rings is 1. The van der Waals surface area contributed by atoms with E-state index in [0.717, 1.165) is 6.07 Å². The largest absolute Gasteiger partial charge is 0.425 e. The van der Waals surface area contributed by atoms with E-state index in [9.17, 15) is 9.18 Å². The highest BCUT2D eigenvalue weighted by Gasteiger charge is 2.02. The van der Waals surface area contributed by atoms with Gasteiger partial charge in [0.25, 0.3) is 0 Å². The summed E-state index contributed by atoms with van der Waals surface area (Å²) < 4.78 is 17.0. The highest BCUT2D eigenvalue weighted by molar-refractivity contribution is 5.73. The van der Waals surface area contributed by atoms with E-state index in [-0.39, 0.29) is 5.75 Å². The van der Waals surface area contributed by atoms with Gasteiger partial charge in [-0.2, -0.15) is 0 Å². The first kappa shape index (κ1) is 8.67. The molecular formula is C8H7FO3. The maximum Gasteiger partial charge on any atom is 0.337 e. The number of hydrogen-bond donors (Lipinski definition) is 1. The van der Waals surface area contributed by atoms with E-state index in [1.54, 1.807) is 0 Å². The van der Waals surface area contributed by atoms with E-state index < -0.39 is 18.4 Å². The second kappa shape index (κ2) is 3.82. The molecule has 1 rings (SSSR count). The minimum Gasteiger partial charge on any atom is -0.425 e. The molecule has 1 aromatic carbocycles. The number of halogens is 1. The van der Waals surface area contributed by atoms with Gasteiger partial charge in [0.2, 0.25) is 0 Å². The Hall–Kier alpha value is -1.42. The van der Waals surface area contributed by atoms with Gasteiger partial charge in [-0.1, -0.05) is 6.07 Å². The van der Waals surface area contributed by atoms with Crippen molar-refractivity contribution in [3.8, 4) is 5.75 Å². The first-order chi connectivity index (χ1) is 5.72. The maximum absolute atomic E-state index is 12.5. The Morgan fingerprint density at radius 3 is 2.92 bits per heavy atom. The second-order valence-corrected chi connectivity index (χ2v) is 2.09. The fourth-order valence-corrected chi connectivity index (χ4v) is 0.694. The summed E-state index contributed by atoms with van der Waals surface area (Å²) in [5, 5.41) is 8.30. The quantitative estimate of drug-likeness (QED) is 0.525. The topological polar surface area (TPSA) is 46.5 Å². The number of ether oxygens (including phenoxy) is 1. The van der Waals surface area contributed by atoms with Crippen LogP contribution in [0.25, 0.3) is 0 Å². The first-order valence-corrected chi connectivity index (χ1v) is 3.29. The monoisotopic (exact) mass is 170 g/mol. The van der Waals surface area contributed by atoms with Crippen molar-refractivity contribution in [3.05, 3.63) is 30.1 Å². The Bertz CT molecular complexity index is 285. The SMILES string of the molecule is O=C(CO)Oc1cccc(F)c1. The van der Waals surface area contributed by atoms with Gasteiger partial charge in [0.15, 0.2) is 0 Å². The molecule has 3 nitrogen and oxygen atoms in total. The Kier molecular flexibility index (Phi) is 2.76. The Morgan fingerprint density at radius 2 is 2.33 bits per heavy atom. The minimum absolute atomic E-state index is 0.0917. The van der Waals surface area contributed by atoms with E-state index in [2.05, 4.69) is 4.74 Å². The molecule has 0 radical (unpaired) electrons. The van der Waals surface area contributed by atoms with Gasteiger partial charge in [0.05, 0.1) is 0 Å². The molecule has 0 spiro atoms. The number of esters is 1. The number of carbonyl (C=O) groups is 1. The second-order valence-electron chi connectivity index (χ2n) is 2.09. The normalized spacial score (nSPS) is 9.50. The van der Waals surface area contributed by atoms with Crippen molar-refractivity contribution < 1.29 is 19.0 Å². The molecule has 0 saturated heterocycles. The third-order valence-electron chi connectivity index (χ3n) is 1.16. The summed E-state index contributed by atoms with van der Waals surface area (Å²) in [6.45, 7) is -0.712. The average molecular weight is 170 g/mol. The number of rotatable bonds is 2. The molecule has 12 heavy (non-hydrogen) atoms. The summed E-state index contributed by atoms with van der Waals surface area (Å²) in [7, 11) is 0. The van der Waals surface area contributed by atoms with E-state index in [1.807, 2.05) is 0 Å². The predicted octanol–water partition coefficient (Wildman–Crippen LogP) is 0.723. The summed E-state index contributed by atoms with van der Waals surface area (Å²) in [4.78, 5) is 10.5. The minimum atomic E-state index is -0.805. The molecule has 1 aromatic rings. The number of aliphatic hydroxyl groups excluding tert-OH is 1. The van der Waals surface area contributed by atoms with Crippen LogP contribution >= 0.6 is 0 Å². The van der Waals surface area contributed by atoms with Crippen molar-refractivity contribution in [2.75, 3.05) is 6.61 Å². The van der Waals surface area contributed by atoms with Crippen LogP contribution in [0.2, 0.25) is 0 Å². The molecule has 0 aliphatic heterocycles. The summed E-state index contributed by atoms with van der Waals surface area (Å²) in [5.41, 5.74) is 0. The Morgan fingerprint density at radius 1 is 1.58 bits per heavy atom. The lowest BCUT2D eigenvalue weighted by molar-refractivity contribution is -0.137. The predicted molar refractivity (Wildman–Crippen MR) is 39.1 cm³/mol. The molecule has 64 valence electrons. The van der Waals surface area contributed by atoms with Crippen molar-refractivity contribution >= 4 is 5.97 Å². The van der Waals surface area contributed by atoms with Crippen molar-refractivity contribution in [3.63, 3.8) is 0 Å². The van der Waals surface area contributed by atoms with Crippen LogP contribution in [0.15, 0.2) is 24.3 Å². The van der Waals surface area contributed by atoms with Gasteiger partial charge in [-0.15, -0.1) is 0 Å². The third kappa shape index (κ3) is 2.32. The van der Waals surface area contributed by atoms with Crippen molar-refractivity contribution in [2.45, 2.75) is 0 Å². The summed E-state index contributed by atoms with van der Waals surface area (Å²) >= 11 is 0. The Labute approximate surface area is 68.4 Å². The molecular weight excluding hydrogens is 163 g/mol. The Balaban J connectivity index is 2.69. The number of aliphatic hydroxyl groups is 1. The van der Waals surface area contributed by atoms with Crippen LogP contribution in [0, 0.1) is 5.82 Å². The summed E-state index contributed by atoms with van der Waals surface area (Å²) in [5.74, 6) is -1.20. The highest BCUT2D eigenvalue weighted by atomic mass is 19.1. The van der Waals surface area contributed by atoms with E-state index >= 15 is 0 Å². The van der Waals surface area contributed by atoms with E-state index in [1.165, 1.54) is 18.2 Å². The van der Waals surface area contributed by atoms with Crippen LogP contribution in [0.3, 0.4) is 0 Å². The van der Waals surface area contributed by atoms with Gasteiger partial charge in [0.1, 0.15) is 18.2 Å². The zero-order valence-corrected chi connectivity index (χ0v) is 6.16. The lowest BCUT2D eigenvalue weighted by Gasteiger charge is -2.00. The van der Waals surface area contributed by atoms with Gasteiger partial charge in [-0.05, 0) is 12.1 Å². The molecule has 0 amide bonds. The fraction of sp³-hybridized carbons (Fsp3) is 0.125. The van der Waals surface area contributed by atoms with E-state index in [4.69, 9.17) is 5.11 Å². The van der Waals surface area contributed by atoms with Gasteiger partial charge in [0, 0.05) is 6.07 Å². The lowest BCUT2D eigenvalue weighted by atomic mass is 10.3. The molecule has 0 atom stereocenters. The van der Waals surface area contributed by atoms with Crippen LogP contribution in [0.1, 0.15) is 0 Å². The van der Waals surface area contributed by atoms with Crippen LogP contribution in [0.4, 0.5) is 4.39 Å². The average Bonchev–Trinajstić information content (AvgIpc) is 2.04. The number of carbonyl (C=O) groups excluding carboxylic acids is 1. The molecule has 0 fully saturated rings. The van der Waals surface area contributed by atoms with Gasteiger partial charge >= 0.3 is 5.97 Å². The zero-order valence-electron chi connectivity index (χ0n) is 6.16. The van der Waals surface area contributed by atoms with Crippen LogP contribution in [0.5, 0.6) is 5.75 Å². The van der Waals surface area contributed by atoms with Gasteiger partial charge < -0.3 is 9.84 Å². The first-order valence-electron chi connectivity index (χ1n) is 3.29. The molecule has 0 unspecified atom stereocenters. The van der Waals surface area contributed by atoms with Gasteiger partial charge in [-0.3, -0.25) is 0 Å². The summed E-state index contributed by atoms with van der Waals surface area (Å²) in [6.07, 6.45) is 0. The molecule has 0 heterocycles. The highest BCUT2D eigenvalue weighted by Crippen LogP contribution is 2.11. The molecule has 0 aliphatic rings. The van der Waals surface area contributed by atoms with E-state index in [0.29, 0.717) is 0 Å². The van der Waals surface area contributed by atoms with Crippen LogP contribution < -0.4 is 4.74 Å². The molecule has 1 N–H and O–H groups in total. The molecule has 0 aliphatic carbocycles. The molecule has 0 aromatic heterocycles. The number of hydrogen-bond acceptors (Lipinski definition) is 3. The van der Waals surface area contributed by atoms with Crippen molar-refractivity contribution in [1.29, 1.82) is 0 Å². The van der Waals surface area contributed by atoms with Crippen molar-refractivity contribution in [1.82, 2.24) is 0 Å². The molecule has 0 saturated carbocycles. The van der Waals surface area contributed by atoms with Crippen LogP contribution in [-0.2, 0) is 4.79 Å². The maximum atomic E-state index is 12.5. The zero-order chi connectivity index (χ0) is 8.97. The molecule has 0 bridgehead atoms. The molecule has 4 heteroatoms. The van der Waals surface area contributed by atoms with Gasteiger partial charge in [-0.25, -0.2) is 9.18 Å². The van der Waals surface area contributed by atoms with Crippen LogP contribution in [-0.4, -0.2) is 17.7 Å². The standard InChI is InChI=1S/C8H7FO3/c9-6-2-1-3-7(4-6)12-8(11)5-10/h1-4,10H,5H2.